The number of methoxy groups -OCH3 is 1. The predicted molar refractivity (Wildman–Crippen MR) is 192 cm³/mol. The summed E-state index contributed by atoms with van der Waals surface area (Å²) in [5, 5.41) is 21.3. The van der Waals surface area contributed by atoms with Crippen LogP contribution in [0.2, 0.25) is 10.0 Å². The van der Waals surface area contributed by atoms with Gasteiger partial charge >= 0.3 is 5.97 Å². The Morgan fingerprint density at radius 3 is 2.43 bits per heavy atom. The Hall–Kier alpha value is -3.75. The number of ether oxygens (including phenoxy) is 2. The molecule has 5 rings (SSSR count). The largest absolute Gasteiger partial charge is 0.496 e. The summed E-state index contributed by atoms with van der Waals surface area (Å²) < 4.78 is 43.7. The Balaban J connectivity index is 1.81. The zero-order valence-electron chi connectivity index (χ0n) is 29.4. The number of carboxylic acids is 1. The molecule has 2 heterocycles. The quantitative estimate of drug-likeness (QED) is 0.222. The minimum absolute atomic E-state index is 0.0651. The van der Waals surface area contributed by atoms with E-state index < -0.39 is 46.6 Å². The normalized spacial score (nSPS) is 22.0. The van der Waals surface area contributed by atoms with Crippen LogP contribution in [0.25, 0.3) is 0 Å². The fourth-order valence-electron chi connectivity index (χ4n) is 7.94. The van der Waals surface area contributed by atoms with Gasteiger partial charge in [0.05, 0.1) is 24.4 Å². The number of nitriles is 1. The van der Waals surface area contributed by atoms with Crippen molar-refractivity contribution in [1.82, 2.24) is 4.90 Å². The maximum absolute atomic E-state index is 16.3. The molecule has 272 valence electrons. The van der Waals surface area contributed by atoms with Crippen molar-refractivity contribution >= 4 is 40.8 Å². The number of benzene rings is 3. The summed E-state index contributed by atoms with van der Waals surface area (Å²) in [6, 6.07) is 15.0. The van der Waals surface area contributed by atoms with Crippen molar-refractivity contribution in [2.24, 2.45) is 11.3 Å². The predicted octanol–water partition coefficient (Wildman–Crippen LogP) is 8.84. The third-order valence-corrected chi connectivity index (χ3v) is 10.7. The van der Waals surface area contributed by atoms with Crippen molar-refractivity contribution in [3.05, 3.63) is 93.0 Å². The molecule has 0 radical (unpaired) electrons. The summed E-state index contributed by atoms with van der Waals surface area (Å²) in [6.07, 6.45) is 1.53. The van der Waals surface area contributed by atoms with Crippen molar-refractivity contribution in [1.29, 1.82) is 5.26 Å². The van der Waals surface area contributed by atoms with E-state index in [9.17, 15) is 20.0 Å². The lowest BCUT2D eigenvalue weighted by molar-refractivity contribution is -0.118. The molecular weight excluding hydrogens is 699 g/mol. The summed E-state index contributed by atoms with van der Waals surface area (Å²) in [4.78, 5) is 29.6. The van der Waals surface area contributed by atoms with Crippen LogP contribution in [0.15, 0.2) is 54.6 Å². The van der Waals surface area contributed by atoms with Gasteiger partial charge in [-0.2, -0.15) is 5.26 Å². The Bertz CT molecular complexity index is 1820. The van der Waals surface area contributed by atoms with E-state index in [2.05, 4.69) is 11.0 Å². The first-order chi connectivity index (χ1) is 24.1. The first-order valence-electron chi connectivity index (χ1n) is 17.0. The van der Waals surface area contributed by atoms with Crippen LogP contribution in [0.3, 0.4) is 0 Å². The molecule has 0 saturated carbocycles. The standard InChI is InChI=1S/C39H43Cl2F2N3O5/c1-23(47)46(26-10-11-28(37(48)49)33(19-26)50-5)35(17-24-13-15-51-16-14-24)45-21-30(27-7-6-8-31(41)36(27)43)39(22-44,34(45)20-38(2,3)4)29-12-9-25(40)18-32(29)42/h6-12,18-19,24,30,34-35H,13-17,20-21H2,1-5H3,(H,48,49)/t30?,34?,35?,39-/m1/s1. The zero-order chi connectivity index (χ0) is 37.2. The van der Waals surface area contributed by atoms with Crippen LogP contribution in [0.1, 0.15) is 80.8 Å². The average molecular weight is 743 g/mol. The van der Waals surface area contributed by atoms with E-state index in [4.69, 9.17) is 32.7 Å². The third-order valence-electron chi connectivity index (χ3n) is 10.2. The Kier molecular flexibility index (Phi) is 11.7. The van der Waals surface area contributed by atoms with E-state index in [0.717, 1.165) is 18.9 Å². The first kappa shape index (κ1) is 38.5. The zero-order valence-corrected chi connectivity index (χ0v) is 30.9. The van der Waals surface area contributed by atoms with Gasteiger partial charge in [0.15, 0.2) is 0 Å². The monoisotopic (exact) mass is 741 g/mol. The molecule has 0 aromatic heterocycles. The minimum atomic E-state index is -1.67. The van der Waals surface area contributed by atoms with E-state index in [1.807, 2.05) is 20.8 Å². The summed E-state index contributed by atoms with van der Waals surface area (Å²) in [5.74, 6) is -3.69. The Morgan fingerprint density at radius 2 is 1.84 bits per heavy atom. The maximum Gasteiger partial charge on any atom is 0.339 e. The molecule has 8 nitrogen and oxygen atoms in total. The molecule has 3 unspecified atom stereocenters. The van der Waals surface area contributed by atoms with Crippen molar-refractivity contribution in [2.45, 2.75) is 76.9 Å². The summed E-state index contributed by atoms with van der Waals surface area (Å²) in [7, 11) is 1.36. The van der Waals surface area contributed by atoms with Crippen LogP contribution >= 0.6 is 23.2 Å². The smallest absolute Gasteiger partial charge is 0.339 e. The molecule has 1 amide bonds. The lowest BCUT2D eigenvalue weighted by Gasteiger charge is -2.46. The number of amides is 1. The van der Waals surface area contributed by atoms with Gasteiger partial charge in [-0.25, -0.2) is 13.6 Å². The summed E-state index contributed by atoms with van der Waals surface area (Å²) in [5.41, 5.74) is -1.56. The van der Waals surface area contributed by atoms with Gasteiger partial charge in [-0.3, -0.25) is 14.6 Å². The van der Waals surface area contributed by atoms with Gasteiger partial charge in [-0.1, -0.05) is 62.2 Å². The van der Waals surface area contributed by atoms with Crippen LogP contribution in [0, 0.1) is 34.3 Å². The van der Waals surface area contributed by atoms with E-state index in [0.29, 0.717) is 31.7 Å². The van der Waals surface area contributed by atoms with Crippen LogP contribution in [0.5, 0.6) is 5.75 Å². The second-order valence-electron chi connectivity index (χ2n) is 14.6. The number of halogens is 4. The van der Waals surface area contributed by atoms with Gasteiger partial charge < -0.3 is 14.6 Å². The highest BCUT2D eigenvalue weighted by Crippen LogP contribution is 2.55. The average Bonchev–Trinajstić information content (AvgIpc) is 3.38. The number of aromatic carboxylic acids is 1. The number of carbonyl (C=O) groups excluding carboxylic acids is 1. The van der Waals surface area contributed by atoms with Gasteiger partial charge in [0.1, 0.15) is 28.4 Å². The molecule has 1 N–H and O–H groups in total. The van der Waals surface area contributed by atoms with E-state index in [1.165, 1.54) is 44.4 Å². The Labute approximate surface area is 307 Å². The SMILES string of the molecule is COc1cc(N(C(C)=O)C(CC2CCOCC2)N2CC(c3cccc(Cl)c3F)[C@@](C#N)(c3ccc(Cl)cc3F)C2CC(C)(C)C)ccc1C(=O)O. The summed E-state index contributed by atoms with van der Waals surface area (Å²) in [6.45, 7) is 8.63. The van der Waals surface area contributed by atoms with Gasteiger partial charge in [0.2, 0.25) is 5.91 Å². The topological polar surface area (TPSA) is 103 Å². The molecule has 3 aromatic rings. The number of anilines is 1. The van der Waals surface area contributed by atoms with Crippen LogP contribution < -0.4 is 9.64 Å². The van der Waals surface area contributed by atoms with Crippen molar-refractivity contribution in [3.8, 4) is 11.8 Å². The van der Waals surface area contributed by atoms with Gasteiger partial charge in [-0.15, -0.1) is 0 Å². The van der Waals surface area contributed by atoms with Crippen LogP contribution in [-0.2, 0) is 14.9 Å². The van der Waals surface area contributed by atoms with Crippen molar-refractivity contribution in [3.63, 3.8) is 0 Å². The molecule has 3 aromatic carbocycles. The summed E-state index contributed by atoms with van der Waals surface area (Å²) >= 11 is 12.6. The molecule has 4 atom stereocenters. The first-order valence-corrected chi connectivity index (χ1v) is 17.7. The van der Waals surface area contributed by atoms with Gasteiger partial charge in [-0.05, 0) is 72.9 Å². The molecule has 0 bridgehead atoms. The number of nitrogens with zero attached hydrogens (tertiary/aromatic N) is 3. The maximum atomic E-state index is 16.3. The van der Waals surface area contributed by atoms with Crippen LogP contribution in [-0.4, -0.2) is 61.0 Å². The van der Waals surface area contributed by atoms with Crippen molar-refractivity contribution < 1.29 is 33.0 Å². The van der Waals surface area contributed by atoms with Crippen LogP contribution in [0.4, 0.5) is 14.5 Å². The molecule has 2 fully saturated rings. The van der Waals surface area contributed by atoms with E-state index in [1.54, 1.807) is 23.1 Å². The number of carboxylic acid groups (broad SMARTS) is 1. The Morgan fingerprint density at radius 1 is 1.14 bits per heavy atom. The number of hydrogen-bond acceptors (Lipinski definition) is 6. The molecule has 0 aliphatic carbocycles. The van der Waals surface area contributed by atoms with Gasteiger partial charge in [0, 0.05) is 61.0 Å². The number of likely N-dealkylation sites (tertiary alicyclic amines) is 1. The third kappa shape index (κ3) is 7.73. The lowest BCUT2D eigenvalue weighted by atomic mass is 9.64. The second-order valence-corrected chi connectivity index (χ2v) is 15.5. The fraction of sp³-hybridized carbons (Fsp3) is 0.462. The minimum Gasteiger partial charge on any atom is -0.496 e. The lowest BCUT2D eigenvalue weighted by Crippen LogP contribution is -2.56. The molecule has 2 aliphatic heterocycles. The molecule has 0 spiro atoms. The van der Waals surface area contributed by atoms with E-state index >= 15 is 8.78 Å². The van der Waals surface area contributed by atoms with Gasteiger partial charge in [0.25, 0.3) is 0 Å². The number of hydrogen-bond donors (Lipinski definition) is 1. The molecule has 51 heavy (non-hydrogen) atoms. The molecule has 2 saturated heterocycles. The highest BCUT2D eigenvalue weighted by Gasteiger charge is 2.60. The number of carbonyl (C=O) groups is 2. The molecule has 2 aliphatic rings. The highest BCUT2D eigenvalue weighted by atomic mass is 35.5. The van der Waals surface area contributed by atoms with E-state index in [-0.39, 0.29) is 50.9 Å². The second kappa shape index (κ2) is 15.5. The molecular formula is C39H43Cl2F2N3O5. The highest BCUT2D eigenvalue weighted by molar-refractivity contribution is 6.31. The number of rotatable bonds is 10. The van der Waals surface area contributed by atoms with Crippen molar-refractivity contribution in [2.75, 3.05) is 31.8 Å². The fourth-order valence-corrected chi connectivity index (χ4v) is 8.28. The molecule has 12 heteroatoms.